The summed E-state index contributed by atoms with van der Waals surface area (Å²) in [5.41, 5.74) is 3.48. The van der Waals surface area contributed by atoms with E-state index in [1.54, 1.807) is 18.5 Å². The molecule has 0 amide bonds. The maximum absolute atomic E-state index is 12.1. The van der Waals surface area contributed by atoms with E-state index in [0.29, 0.717) is 12.2 Å². The van der Waals surface area contributed by atoms with Gasteiger partial charge in [-0.25, -0.2) is 4.79 Å². The van der Waals surface area contributed by atoms with Crippen molar-refractivity contribution in [3.8, 4) is 17.2 Å². The largest absolute Gasteiger partial charge is 0.487 e. The first-order valence-electron chi connectivity index (χ1n) is 11.1. The SMILES string of the molecule is COC(=O)c1ccccc1-n1ccc(N2CC(Oc3ccc(COc4cccnc4)cc3)C2)c1. The number of carbonyl (C=O) groups excluding carboxylic acids is 1. The molecule has 0 N–H and O–H groups in total. The number of nitrogens with zero attached hydrogens (tertiary/aromatic N) is 3. The molecule has 0 unspecified atom stereocenters. The molecule has 1 fully saturated rings. The number of aromatic nitrogens is 2. The van der Waals surface area contributed by atoms with Gasteiger partial charge in [-0.15, -0.1) is 0 Å². The Morgan fingerprint density at radius 2 is 1.82 bits per heavy atom. The molecule has 7 nitrogen and oxygen atoms in total. The molecular weight excluding hydrogens is 430 g/mol. The average Bonchev–Trinajstić information content (AvgIpc) is 3.35. The quantitative estimate of drug-likeness (QED) is 0.365. The van der Waals surface area contributed by atoms with Crippen LogP contribution in [0.15, 0.2) is 91.5 Å². The summed E-state index contributed by atoms with van der Waals surface area (Å²) in [6.45, 7) is 2.09. The first-order chi connectivity index (χ1) is 16.7. The van der Waals surface area contributed by atoms with Crippen molar-refractivity contribution in [1.82, 2.24) is 9.55 Å². The Hall–Kier alpha value is -4.26. The van der Waals surface area contributed by atoms with Gasteiger partial charge in [-0.1, -0.05) is 24.3 Å². The minimum absolute atomic E-state index is 0.128. The Bertz CT molecular complexity index is 1250. The number of methoxy groups -OCH3 is 1. The Morgan fingerprint density at radius 3 is 2.59 bits per heavy atom. The smallest absolute Gasteiger partial charge is 0.339 e. The lowest BCUT2D eigenvalue weighted by molar-refractivity contribution is 0.0600. The van der Waals surface area contributed by atoms with E-state index < -0.39 is 0 Å². The Balaban J connectivity index is 1.14. The van der Waals surface area contributed by atoms with Crippen LogP contribution in [0.5, 0.6) is 11.5 Å². The molecule has 172 valence electrons. The highest BCUT2D eigenvalue weighted by atomic mass is 16.5. The van der Waals surface area contributed by atoms with Crippen LogP contribution < -0.4 is 14.4 Å². The molecule has 3 heterocycles. The lowest BCUT2D eigenvalue weighted by Gasteiger charge is -2.40. The molecule has 1 saturated heterocycles. The van der Waals surface area contributed by atoms with Crippen LogP contribution in [0.4, 0.5) is 5.69 Å². The second kappa shape index (κ2) is 9.70. The van der Waals surface area contributed by atoms with E-state index in [0.717, 1.165) is 41.5 Å². The van der Waals surface area contributed by atoms with Crippen molar-refractivity contribution in [3.63, 3.8) is 0 Å². The number of benzene rings is 2. The molecule has 0 atom stereocenters. The fraction of sp³-hybridized carbons (Fsp3) is 0.185. The van der Waals surface area contributed by atoms with Crippen LogP contribution >= 0.6 is 0 Å². The molecule has 1 aliphatic heterocycles. The lowest BCUT2D eigenvalue weighted by Crippen LogP contribution is -2.53. The second-order valence-corrected chi connectivity index (χ2v) is 8.05. The van der Waals surface area contributed by atoms with Gasteiger partial charge in [-0.05, 0) is 48.0 Å². The van der Waals surface area contributed by atoms with Crippen LogP contribution in [-0.2, 0) is 11.3 Å². The summed E-state index contributed by atoms with van der Waals surface area (Å²) in [4.78, 5) is 18.4. The summed E-state index contributed by atoms with van der Waals surface area (Å²) in [7, 11) is 1.39. The lowest BCUT2D eigenvalue weighted by atomic mass is 10.1. The average molecular weight is 456 g/mol. The zero-order chi connectivity index (χ0) is 23.3. The van der Waals surface area contributed by atoms with Crippen molar-refractivity contribution >= 4 is 11.7 Å². The van der Waals surface area contributed by atoms with Crippen LogP contribution in [0.25, 0.3) is 5.69 Å². The molecule has 0 saturated carbocycles. The van der Waals surface area contributed by atoms with Crippen LogP contribution in [0.3, 0.4) is 0 Å². The van der Waals surface area contributed by atoms with E-state index in [1.807, 2.05) is 77.6 Å². The van der Waals surface area contributed by atoms with Gasteiger partial charge in [0.25, 0.3) is 0 Å². The zero-order valence-electron chi connectivity index (χ0n) is 18.8. The third kappa shape index (κ3) is 4.73. The monoisotopic (exact) mass is 455 g/mol. The number of hydrogen-bond acceptors (Lipinski definition) is 6. The van der Waals surface area contributed by atoms with Gasteiger partial charge in [0, 0.05) is 18.6 Å². The topological polar surface area (TPSA) is 65.8 Å². The predicted octanol–water partition coefficient (Wildman–Crippen LogP) is 4.51. The molecule has 2 aromatic heterocycles. The number of rotatable bonds is 8. The molecule has 7 heteroatoms. The van der Waals surface area contributed by atoms with Gasteiger partial charge in [0.2, 0.25) is 0 Å². The van der Waals surface area contributed by atoms with Crippen molar-refractivity contribution in [2.75, 3.05) is 25.1 Å². The molecule has 1 aliphatic rings. The molecule has 34 heavy (non-hydrogen) atoms. The summed E-state index contributed by atoms with van der Waals surface area (Å²) in [6.07, 6.45) is 7.53. The van der Waals surface area contributed by atoms with E-state index in [1.165, 1.54) is 7.11 Å². The molecule has 5 rings (SSSR count). The third-order valence-corrected chi connectivity index (χ3v) is 5.74. The fourth-order valence-corrected chi connectivity index (χ4v) is 3.88. The minimum Gasteiger partial charge on any atom is -0.487 e. The van der Waals surface area contributed by atoms with Gasteiger partial charge >= 0.3 is 5.97 Å². The van der Waals surface area contributed by atoms with Gasteiger partial charge in [-0.2, -0.15) is 0 Å². The maximum atomic E-state index is 12.1. The summed E-state index contributed by atoms with van der Waals surface area (Å²) in [5.74, 6) is 1.25. The van der Waals surface area contributed by atoms with Gasteiger partial charge in [-0.3, -0.25) is 4.98 Å². The summed E-state index contributed by atoms with van der Waals surface area (Å²) >= 11 is 0. The zero-order valence-corrected chi connectivity index (χ0v) is 18.8. The Kier molecular flexibility index (Phi) is 6.16. The minimum atomic E-state index is -0.349. The van der Waals surface area contributed by atoms with Gasteiger partial charge in [0.1, 0.15) is 24.2 Å². The first-order valence-corrected chi connectivity index (χ1v) is 11.1. The van der Waals surface area contributed by atoms with E-state index in [4.69, 9.17) is 14.2 Å². The molecule has 0 spiro atoms. The van der Waals surface area contributed by atoms with Gasteiger partial charge in [0.15, 0.2) is 0 Å². The number of pyridine rings is 1. The highest BCUT2D eigenvalue weighted by molar-refractivity contribution is 5.93. The van der Waals surface area contributed by atoms with E-state index in [2.05, 4.69) is 9.88 Å². The number of anilines is 1. The van der Waals surface area contributed by atoms with Crippen LogP contribution in [0, 0.1) is 0 Å². The predicted molar refractivity (Wildman–Crippen MR) is 129 cm³/mol. The van der Waals surface area contributed by atoms with Gasteiger partial charge < -0.3 is 23.7 Å². The summed E-state index contributed by atoms with van der Waals surface area (Å²) in [5, 5.41) is 0. The van der Waals surface area contributed by atoms with Gasteiger partial charge in [0.05, 0.1) is 43.3 Å². The maximum Gasteiger partial charge on any atom is 0.339 e. The molecule has 0 aliphatic carbocycles. The highest BCUT2D eigenvalue weighted by Crippen LogP contribution is 2.27. The number of para-hydroxylation sites is 1. The molecule has 0 bridgehead atoms. The molecule has 0 radical (unpaired) electrons. The molecular formula is C27H25N3O4. The van der Waals surface area contributed by atoms with Crippen LogP contribution in [-0.4, -0.2) is 41.8 Å². The van der Waals surface area contributed by atoms with Crippen LogP contribution in [0.2, 0.25) is 0 Å². The van der Waals surface area contributed by atoms with Crippen molar-refractivity contribution in [1.29, 1.82) is 0 Å². The third-order valence-electron chi connectivity index (χ3n) is 5.74. The Labute approximate surface area is 198 Å². The summed E-state index contributed by atoms with van der Waals surface area (Å²) < 4.78 is 18.7. The van der Waals surface area contributed by atoms with E-state index >= 15 is 0 Å². The fourth-order valence-electron chi connectivity index (χ4n) is 3.88. The number of hydrogen-bond donors (Lipinski definition) is 0. The standard InChI is InChI=1S/C27H25N3O4/c1-32-27(31)25-6-2-3-7-26(25)29-14-12-21(16-29)30-17-24(18-30)34-22-10-8-20(9-11-22)19-33-23-5-4-13-28-15-23/h2-16,24H,17-19H2,1H3. The van der Waals surface area contributed by atoms with Crippen molar-refractivity contribution in [2.45, 2.75) is 12.7 Å². The van der Waals surface area contributed by atoms with E-state index in [9.17, 15) is 4.79 Å². The second-order valence-electron chi connectivity index (χ2n) is 8.05. The highest BCUT2D eigenvalue weighted by Gasteiger charge is 2.29. The summed E-state index contributed by atoms with van der Waals surface area (Å²) in [6, 6.07) is 21.2. The van der Waals surface area contributed by atoms with Crippen molar-refractivity contribution in [3.05, 3.63) is 103 Å². The molecule has 4 aromatic rings. The number of carbonyl (C=O) groups is 1. The normalized spacial score (nSPS) is 13.3. The van der Waals surface area contributed by atoms with E-state index in [-0.39, 0.29) is 12.1 Å². The van der Waals surface area contributed by atoms with Crippen molar-refractivity contribution < 1.29 is 19.0 Å². The van der Waals surface area contributed by atoms with Crippen molar-refractivity contribution in [2.24, 2.45) is 0 Å². The molecule has 2 aromatic carbocycles. The van der Waals surface area contributed by atoms with Crippen LogP contribution in [0.1, 0.15) is 15.9 Å². The number of esters is 1. The first kappa shape index (κ1) is 21.6. The Morgan fingerprint density at radius 1 is 1.00 bits per heavy atom. The number of ether oxygens (including phenoxy) is 3.